The summed E-state index contributed by atoms with van der Waals surface area (Å²) in [4.78, 5) is 29.5. The smallest absolute Gasteiger partial charge is 0.329 e. The molecule has 2 heterocycles. The maximum absolute atomic E-state index is 12.8. The molecule has 1 fully saturated rings. The van der Waals surface area contributed by atoms with Crippen molar-refractivity contribution in [2.45, 2.75) is 45.3 Å². The predicted molar refractivity (Wildman–Crippen MR) is 74.1 cm³/mol. The average Bonchev–Trinajstić information content (AvgIpc) is 2.86. The van der Waals surface area contributed by atoms with Crippen molar-refractivity contribution in [2.75, 3.05) is 6.54 Å². The van der Waals surface area contributed by atoms with Crippen molar-refractivity contribution in [1.29, 1.82) is 0 Å². The van der Waals surface area contributed by atoms with Crippen molar-refractivity contribution in [3.63, 3.8) is 0 Å². The van der Waals surface area contributed by atoms with Crippen molar-refractivity contribution in [1.82, 2.24) is 9.88 Å². The van der Waals surface area contributed by atoms with Gasteiger partial charge in [-0.05, 0) is 45.7 Å². The van der Waals surface area contributed by atoms with Crippen LogP contribution in [0.4, 0.5) is 4.39 Å². The van der Waals surface area contributed by atoms with Gasteiger partial charge >= 0.3 is 5.97 Å². The van der Waals surface area contributed by atoms with Crippen LogP contribution in [0.25, 0.3) is 0 Å². The molecule has 1 aromatic rings. The Morgan fingerprint density at radius 1 is 1.38 bits per heavy atom. The fourth-order valence-electron chi connectivity index (χ4n) is 2.29. The number of pyridine rings is 1. The lowest BCUT2D eigenvalue weighted by atomic mass is 10.1. The van der Waals surface area contributed by atoms with E-state index in [0.29, 0.717) is 13.0 Å². The highest BCUT2D eigenvalue weighted by Crippen LogP contribution is 2.23. The molecule has 1 aliphatic heterocycles. The molecule has 0 aliphatic carbocycles. The van der Waals surface area contributed by atoms with Crippen LogP contribution in [0.15, 0.2) is 18.3 Å². The largest absolute Gasteiger partial charge is 0.458 e. The van der Waals surface area contributed by atoms with Crippen LogP contribution in [0.5, 0.6) is 0 Å². The van der Waals surface area contributed by atoms with Crippen molar-refractivity contribution in [2.24, 2.45) is 0 Å². The minimum absolute atomic E-state index is 0.270. The minimum Gasteiger partial charge on any atom is -0.458 e. The normalized spacial score (nSPS) is 18.7. The Kier molecular flexibility index (Phi) is 4.25. The molecule has 0 saturated carbocycles. The monoisotopic (exact) mass is 294 g/mol. The molecule has 0 unspecified atom stereocenters. The number of halogens is 1. The van der Waals surface area contributed by atoms with E-state index < -0.39 is 23.6 Å². The van der Waals surface area contributed by atoms with E-state index in [4.69, 9.17) is 4.74 Å². The molecule has 1 aromatic heterocycles. The lowest BCUT2D eigenvalue weighted by Gasteiger charge is -2.27. The standard InChI is InChI=1S/C15H19FN2O3/c1-15(2,3)21-14(20)11-5-4-8-18(11)13(19)10-6-7-12(16)17-9-10/h6-7,9,11H,4-5,8H2,1-3H3/t11-/m1/s1. The van der Waals surface area contributed by atoms with Gasteiger partial charge in [0.1, 0.15) is 11.6 Å². The van der Waals surface area contributed by atoms with Crippen LogP contribution in [0.1, 0.15) is 44.0 Å². The van der Waals surface area contributed by atoms with E-state index in [1.807, 2.05) is 0 Å². The maximum atomic E-state index is 12.8. The van der Waals surface area contributed by atoms with Crippen molar-refractivity contribution >= 4 is 11.9 Å². The third kappa shape index (κ3) is 3.77. The van der Waals surface area contributed by atoms with Crippen molar-refractivity contribution in [3.8, 4) is 0 Å². The summed E-state index contributed by atoms with van der Waals surface area (Å²) in [5.74, 6) is -1.36. The molecule has 1 atom stereocenters. The second-order valence-electron chi connectivity index (χ2n) is 6.06. The summed E-state index contributed by atoms with van der Waals surface area (Å²) < 4.78 is 18.2. The van der Waals surface area contributed by atoms with Gasteiger partial charge in [-0.1, -0.05) is 0 Å². The van der Waals surface area contributed by atoms with Crippen LogP contribution < -0.4 is 0 Å². The van der Waals surface area contributed by atoms with Gasteiger partial charge in [-0.25, -0.2) is 9.78 Å². The van der Waals surface area contributed by atoms with E-state index >= 15 is 0 Å². The zero-order chi connectivity index (χ0) is 15.6. The first-order valence-corrected chi connectivity index (χ1v) is 6.93. The first-order chi connectivity index (χ1) is 9.78. The molecule has 114 valence electrons. The molecule has 6 heteroatoms. The lowest BCUT2D eigenvalue weighted by molar-refractivity contribution is -0.159. The Morgan fingerprint density at radius 3 is 2.67 bits per heavy atom. The summed E-state index contributed by atoms with van der Waals surface area (Å²) >= 11 is 0. The van der Waals surface area contributed by atoms with Gasteiger partial charge in [-0.2, -0.15) is 4.39 Å². The first-order valence-electron chi connectivity index (χ1n) is 6.93. The average molecular weight is 294 g/mol. The van der Waals surface area contributed by atoms with E-state index in [1.54, 1.807) is 20.8 Å². The Labute approximate surface area is 123 Å². The molecule has 0 radical (unpaired) electrons. The third-order valence-corrected chi connectivity index (χ3v) is 3.17. The van der Waals surface area contributed by atoms with E-state index in [0.717, 1.165) is 12.5 Å². The van der Waals surface area contributed by atoms with Crippen LogP contribution >= 0.6 is 0 Å². The third-order valence-electron chi connectivity index (χ3n) is 3.17. The summed E-state index contributed by atoms with van der Waals surface area (Å²) in [7, 11) is 0. The zero-order valence-electron chi connectivity index (χ0n) is 12.4. The molecule has 1 aliphatic rings. The fourth-order valence-corrected chi connectivity index (χ4v) is 2.29. The van der Waals surface area contributed by atoms with Gasteiger partial charge in [-0.3, -0.25) is 4.79 Å². The second kappa shape index (κ2) is 5.79. The quantitative estimate of drug-likeness (QED) is 0.619. The molecular weight excluding hydrogens is 275 g/mol. The Balaban J connectivity index is 2.13. The molecule has 0 bridgehead atoms. The highest BCUT2D eigenvalue weighted by molar-refractivity contribution is 5.96. The van der Waals surface area contributed by atoms with Crippen LogP contribution in [-0.4, -0.2) is 39.9 Å². The minimum atomic E-state index is -0.642. The number of hydrogen-bond acceptors (Lipinski definition) is 4. The van der Waals surface area contributed by atoms with E-state index in [2.05, 4.69) is 4.98 Å². The molecule has 0 N–H and O–H groups in total. The Morgan fingerprint density at radius 2 is 2.10 bits per heavy atom. The zero-order valence-corrected chi connectivity index (χ0v) is 12.4. The van der Waals surface area contributed by atoms with E-state index in [1.165, 1.54) is 17.2 Å². The van der Waals surface area contributed by atoms with Gasteiger partial charge in [0.25, 0.3) is 5.91 Å². The SMILES string of the molecule is CC(C)(C)OC(=O)[C@H]1CCCN1C(=O)c1ccc(F)nc1. The van der Waals surface area contributed by atoms with Crippen LogP contribution in [0.2, 0.25) is 0 Å². The van der Waals surface area contributed by atoms with Gasteiger partial charge in [0, 0.05) is 12.7 Å². The summed E-state index contributed by atoms with van der Waals surface area (Å²) in [6.07, 6.45) is 2.50. The number of nitrogens with zero attached hydrogens (tertiary/aromatic N) is 2. The van der Waals surface area contributed by atoms with Gasteiger partial charge in [0.15, 0.2) is 0 Å². The first kappa shape index (κ1) is 15.4. The maximum Gasteiger partial charge on any atom is 0.329 e. The van der Waals surface area contributed by atoms with Crippen LogP contribution in [0, 0.1) is 5.95 Å². The number of carbonyl (C=O) groups is 2. The van der Waals surface area contributed by atoms with E-state index in [9.17, 15) is 14.0 Å². The van der Waals surface area contributed by atoms with Crippen molar-refractivity contribution in [3.05, 3.63) is 29.8 Å². The topological polar surface area (TPSA) is 59.5 Å². The number of esters is 1. The molecule has 2 rings (SSSR count). The highest BCUT2D eigenvalue weighted by Gasteiger charge is 2.37. The van der Waals surface area contributed by atoms with Crippen LogP contribution in [0.3, 0.4) is 0 Å². The number of amides is 1. The molecule has 21 heavy (non-hydrogen) atoms. The Bertz CT molecular complexity index is 537. The molecule has 0 spiro atoms. The molecular formula is C15H19FN2O3. The molecule has 0 aromatic carbocycles. The number of carbonyl (C=O) groups excluding carboxylic acids is 2. The van der Waals surface area contributed by atoms with Crippen molar-refractivity contribution < 1.29 is 18.7 Å². The summed E-state index contributed by atoms with van der Waals surface area (Å²) in [5.41, 5.74) is -0.321. The summed E-state index contributed by atoms with van der Waals surface area (Å²) in [6.45, 7) is 5.85. The number of ether oxygens (including phenoxy) is 1. The molecule has 5 nitrogen and oxygen atoms in total. The van der Waals surface area contributed by atoms with E-state index in [-0.39, 0.29) is 11.5 Å². The van der Waals surface area contributed by atoms with Gasteiger partial charge < -0.3 is 9.64 Å². The highest BCUT2D eigenvalue weighted by atomic mass is 19.1. The van der Waals surface area contributed by atoms with Gasteiger partial charge in [0.05, 0.1) is 5.56 Å². The number of rotatable bonds is 2. The molecule has 1 amide bonds. The van der Waals surface area contributed by atoms with Gasteiger partial charge in [0.2, 0.25) is 5.95 Å². The lowest BCUT2D eigenvalue weighted by Crippen LogP contribution is -2.43. The summed E-state index contributed by atoms with van der Waals surface area (Å²) in [6, 6.07) is 1.92. The number of likely N-dealkylation sites (tertiary alicyclic amines) is 1. The fraction of sp³-hybridized carbons (Fsp3) is 0.533. The molecule has 1 saturated heterocycles. The van der Waals surface area contributed by atoms with Gasteiger partial charge in [-0.15, -0.1) is 0 Å². The summed E-state index contributed by atoms with van der Waals surface area (Å²) in [5, 5.41) is 0. The Hall–Kier alpha value is -1.98. The predicted octanol–water partition coefficient (Wildman–Crippen LogP) is 2.17. The number of aromatic nitrogens is 1. The number of hydrogen-bond donors (Lipinski definition) is 0. The van der Waals surface area contributed by atoms with Crippen LogP contribution in [-0.2, 0) is 9.53 Å². The second-order valence-corrected chi connectivity index (χ2v) is 6.06.